The first kappa shape index (κ1) is 24.9. The van der Waals surface area contributed by atoms with Crippen LogP contribution in [-0.2, 0) is 26.5 Å². The lowest BCUT2D eigenvalue weighted by molar-refractivity contribution is -0.285. The zero-order chi connectivity index (χ0) is 27.1. The minimum atomic E-state index is -5.78. The Morgan fingerprint density at radius 2 is 1.68 bits per heavy atom. The fraction of sp³-hybridized carbons (Fsp3) is 0.429. The molecule has 16 heteroatoms. The fourth-order valence-electron chi connectivity index (χ4n) is 4.60. The van der Waals surface area contributed by atoms with Gasteiger partial charge in [-0.1, -0.05) is 0 Å². The Morgan fingerprint density at radius 1 is 1.05 bits per heavy atom. The van der Waals surface area contributed by atoms with Crippen molar-refractivity contribution in [1.29, 1.82) is 0 Å². The topological polar surface area (TPSA) is 124 Å². The molecule has 0 aliphatic carbocycles. The number of ether oxygens (including phenoxy) is 1. The van der Waals surface area contributed by atoms with Crippen molar-refractivity contribution in [2.45, 2.75) is 44.5 Å². The molecule has 1 atom stereocenters. The summed E-state index contributed by atoms with van der Waals surface area (Å²) in [5.41, 5.74) is -3.42. The Balaban J connectivity index is 1.66. The predicted octanol–water partition coefficient (Wildman–Crippen LogP) is 3.39. The van der Waals surface area contributed by atoms with Gasteiger partial charge in [-0.2, -0.15) is 27.1 Å². The van der Waals surface area contributed by atoms with Crippen molar-refractivity contribution in [2.24, 2.45) is 5.41 Å². The molecule has 0 bridgehead atoms. The molecular weight excluding hydrogens is 512 g/mol. The SMILES string of the molecule is CO[C@]12C(=O)Nc3nc(-c4nn(CCC(F)(F)C(F)(F)F)c5ncc(F)cc45)nc(c31)NC(=O)C2(C)C. The Morgan fingerprint density at radius 3 is 2.27 bits per heavy atom. The number of nitrogens with zero attached hydrogens (tertiary/aromatic N) is 5. The maximum absolute atomic E-state index is 14.0. The number of carbonyl (C=O) groups excluding carboxylic acids is 2. The highest BCUT2D eigenvalue weighted by molar-refractivity contribution is 6.14. The summed E-state index contributed by atoms with van der Waals surface area (Å²) in [6, 6.07) is 0.935. The molecule has 2 amide bonds. The van der Waals surface area contributed by atoms with Gasteiger partial charge in [0.25, 0.3) is 5.91 Å². The van der Waals surface area contributed by atoms with Gasteiger partial charge in [0.1, 0.15) is 23.1 Å². The summed E-state index contributed by atoms with van der Waals surface area (Å²) in [7, 11) is 1.24. The molecule has 2 aliphatic rings. The largest absolute Gasteiger partial charge is 0.453 e. The van der Waals surface area contributed by atoms with Crippen LogP contribution >= 0.6 is 0 Å². The van der Waals surface area contributed by atoms with Crippen LogP contribution in [0, 0.1) is 11.2 Å². The van der Waals surface area contributed by atoms with Crippen molar-refractivity contribution in [3.8, 4) is 11.5 Å². The summed E-state index contributed by atoms with van der Waals surface area (Å²) < 4.78 is 85.4. The second-order valence-electron chi connectivity index (χ2n) is 9.09. The number of halogens is 6. The smallest absolute Gasteiger partial charge is 0.362 e. The number of hydrogen-bond donors (Lipinski definition) is 2. The molecule has 0 aromatic carbocycles. The second-order valence-corrected chi connectivity index (χ2v) is 9.09. The summed E-state index contributed by atoms with van der Waals surface area (Å²) in [4.78, 5) is 38.2. The van der Waals surface area contributed by atoms with E-state index in [1.807, 2.05) is 0 Å². The van der Waals surface area contributed by atoms with Crippen LogP contribution in [0.25, 0.3) is 22.6 Å². The van der Waals surface area contributed by atoms with E-state index < -0.39 is 53.7 Å². The number of amides is 2. The molecule has 0 radical (unpaired) electrons. The zero-order valence-corrected chi connectivity index (χ0v) is 19.3. The average Bonchev–Trinajstić information content (AvgIpc) is 3.30. The van der Waals surface area contributed by atoms with Gasteiger partial charge in [0.15, 0.2) is 17.1 Å². The van der Waals surface area contributed by atoms with Crippen molar-refractivity contribution in [3.05, 3.63) is 23.6 Å². The van der Waals surface area contributed by atoms with Gasteiger partial charge in [-0.05, 0) is 19.9 Å². The van der Waals surface area contributed by atoms with Gasteiger partial charge in [-0.15, -0.1) is 0 Å². The van der Waals surface area contributed by atoms with Gasteiger partial charge in [0, 0.05) is 20.1 Å². The fourth-order valence-corrected chi connectivity index (χ4v) is 4.60. The van der Waals surface area contributed by atoms with Crippen LogP contribution in [0.5, 0.6) is 0 Å². The summed E-state index contributed by atoms with van der Waals surface area (Å²) >= 11 is 0. The van der Waals surface area contributed by atoms with Crippen LogP contribution in [-0.4, -0.2) is 55.8 Å². The molecule has 3 aromatic rings. The molecule has 0 fully saturated rings. The van der Waals surface area contributed by atoms with Gasteiger partial charge < -0.3 is 15.4 Å². The lowest BCUT2D eigenvalue weighted by atomic mass is 9.68. The van der Waals surface area contributed by atoms with Crippen LogP contribution in [0.2, 0.25) is 0 Å². The van der Waals surface area contributed by atoms with Gasteiger partial charge in [0.05, 0.1) is 22.6 Å². The molecule has 0 unspecified atom stereocenters. The van der Waals surface area contributed by atoms with Crippen LogP contribution in [0.15, 0.2) is 12.3 Å². The minimum Gasteiger partial charge on any atom is -0.362 e. The third-order valence-electron chi connectivity index (χ3n) is 6.62. The molecule has 196 valence electrons. The van der Waals surface area contributed by atoms with Crippen LogP contribution < -0.4 is 10.6 Å². The molecule has 10 nitrogen and oxygen atoms in total. The predicted molar refractivity (Wildman–Crippen MR) is 114 cm³/mol. The first-order chi connectivity index (χ1) is 17.1. The van der Waals surface area contributed by atoms with Gasteiger partial charge in [0.2, 0.25) is 5.91 Å². The molecule has 3 aromatic heterocycles. The van der Waals surface area contributed by atoms with Gasteiger partial charge in [-0.25, -0.2) is 24.0 Å². The van der Waals surface area contributed by atoms with Gasteiger partial charge in [-0.3, -0.25) is 9.59 Å². The third kappa shape index (κ3) is 3.30. The third-order valence-corrected chi connectivity index (χ3v) is 6.62. The number of nitrogens with one attached hydrogen (secondary N) is 2. The number of methoxy groups -OCH3 is 1. The number of fused-ring (bicyclic) bond motifs is 1. The summed E-state index contributed by atoms with van der Waals surface area (Å²) in [6.45, 7) is 2.07. The molecule has 5 heterocycles. The number of alkyl halides is 5. The quantitative estimate of drug-likeness (QED) is 0.486. The van der Waals surface area contributed by atoms with Crippen molar-refractivity contribution in [3.63, 3.8) is 0 Å². The normalized spacial score (nSPS) is 20.7. The maximum atomic E-state index is 14.0. The van der Waals surface area contributed by atoms with E-state index in [0.717, 1.165) is 16.9 Å². The molecule has 2 aliphatic heterocycles. The highest BCUT2D eigenvalue weighted by Crippen LogP contribution is 2.55. The standard InChI is InChI=1S/C21H17F6N7O3/c1-18(2)16(35)31-12-10-13(32-17(36)20(10,18)37-3)30-14(29-12)11-9-6-8(22)7-28-15(9)34(33-11)5-4-19(23,24)21(25,26)27/h6-7H,4-5H2,1-3H3,(H2,29,30,31,32,35,36)/t20-/m0/s1. The Bertz CT molecular complexity index is 1490. The van der Waals surface area contributed by atoms with Crippen molar-refractivity contribution < 1.29 is 40.7 Å². The number of pyridine rings is 1. The summed E-state index contributed by atoms with van der Waals surface area (Å²) in [5.74, 6) is -7.58. The summed E-state index contributed by atoms with van der Waals surface area (Å²) in [6.07, 6.45) is -6.68. The lowest BCUT2D eigenvalue weighted by Gasteiger charge is -2.43. The van der Waals surface area contributed by atoms with E-state index in [2.05, 4.69) is 30.7 Å². The number of anilines is 2. The molecule has 0 saturated heterocycles. The van der Waals surface area contributed by atoms with Gasteiger partial charge >= 0.3 is 12.1 Å². The molecule has 2 N–H and O–H groups in total. The Hall–Kier alpha value is -3.82. The van der Waals surface area contributed by atoms with E-state index in [1.54, 1.807) is 0 Å². The number of hydrogen-bond acceptors (Lipinski definition) is 7. The van der Waals surface area contributed by atoms with Crippen molar-refractivity contribution >= 4 is 34.5 Å². The molecule has 0 saturated carbocycles. The van der Waals surface area contributed by atoms with Crippen LogP contribution in [0.4, 0.5) is 38.0 Å². The highest BCUT2D eigenvalue weighted by atomic mass is 19.4. The number of aryl methyl sites for hydroxylation is 1. The van der Waals surface area contributed by atoms with Crippen molar-refractivity contribution in [1.82, 2.24) is 24.7 Å². The zero-order valence-electron chi connectivity index (χ0n) is 19.3. The average molecular weight is 529 g/mol. The van der Waals surface area contributed by atoms with E-state index >= 15 is 0 Å². The monoisotopic (exact) mass is 529 g/mol. The summed E-state index contributed by atoms with van der Waals surface area (Å²) in [5, 5.41) is 9.04. The highest BCUT2D eigenvalue weighted by Gasteiger charge is 2.65. The van der Waals surface area contributed by atoms with Crippen LogP contribution in [0.1, 0.15) is 25.8 Å². The Kier molecular flexibility index (Phi) is 5.10. The van der Waals surface area contributed by atoms with Crippen LogP contribution in [0.3, 0.4) is 0 Å². The lowest BCUT2D eigenvalue weighted by Crippen LogP contribution is -2.57. The second kappa shape index (κ2) is 7.60. The van der Waals surface area contributed by atoms with Crippen molar-refractivity contribution in [2.75, 3.05) is 17.7 Å². The van der Waals surface area contributed by atoms with E-state index in [0.29, 0.717) is 0 Å². The van der Waals surface area contributed by atoms with E-state index in [1.165, 1.54) is 21.0 Å². The maximum Gasteiger partial charge on any atom is 0.453 e. The number of aromatic nitrogens is 5. The molecule has 37 heavy (non-hydrogen) atoms. The Labute approximate surface area is 203 Å². The number of rotatable bonds is 5. The first-order valence-electron chi connectivity index (χ1n) is 10.7. The van der Waals surface area contributed by atoms with E-state index in [-0.39, 0.29) is 39.8 Å². The minimum absolute atomic E-state index is 0.0457. The molecular formula is C21H17F6N7O3. The molecule has 5 rings (SSSR count). The van der Waals surface area contributed by atoms with E-state index in [9.17, 15) is 35.9 Å². The molecule has 0 spiro atoms. The number of carbonyl (C=O) groups is 2. The van der Waals surface area contributed by atoms with E-state index in [4.69, 9.17) is 4.74 Å². The first-order valence-corrected chi connectivity index (χ1v) is 10.7.